The average molecular weight is 535 g/mol. The van der Waals surface area contributed by atoms with Crippen molar-refractivity contribution in [1.29, 1.82) is 0 Å². The third-order valence-electron chi connectivity index (χ3n) is 5.42. The maximum Gasteiger partial charge on any atom is 0.329 e. The molecule has 0 aliphatic carbocycles. The first-order chi connectivity index (χ1) is 17.5. The van der Waals surface area contributed by atoms with Gasteiger partial charge in [0.15, 0.2) is 0 Å². The summed E-state index contributed by atoms with van der Waals surface area (Å²) in [5.41, 5.74) is 0. The molecule has 206 valence electrons. The number of carbonyl (C=O) groups is 4. The molecule has 0 bridgehead atoms. The van der Waals surface area contributed by atoms with Crippen molar-refractivity contribution in [2.45, 2.75) is 43.0 Å². The fourth-order valence-electron chi connectivity index (χ4n) is 3.70. The molecule has 0 radical (unpaired) electrons. The second kappa shape index (κ2) is 18.2. The van der Waals surface area contributed by atoms with Crippen molar-refractivity contribution in [2.75, 3.05) is 71.7 Å². The summed E-state index contributed by atoms with van der Waals surface area (Å²) in [6.45, 7) is 1.92. The van der Waals surface area contributed by atoms with Crippen molar-refractivity contribution in [3.63, 3.8) is 0 Å². The summed E-state index contributed by atoms with van der Waals surface area (Å²) in [6, 6.07) is 0.360. The van der Waals surface area contributed by atoms with Crippen LogP contribution >= 0.6 is 11.8 Å². The van der Waals surface area contributed by atoms with E-state index in [0.717, 1.165) is 25.0 Å². The molecule has 5 N–H and O–H groups in total. The van der Waals surface area contributed by atoms with Crippen LogP contribution in [0.4, 0.5) is 4.79 Å². The number of ether oxygens (including phenoxy) is 4. The molecule has 2 saturated heterocycles. The summed E-state index contributed by atoms with van der Waals surface area (Å²) in [5.74, 6) is -0.367. The Balaban J connectivity index is 1.30. The first-order valence-electron chi connectivity index (χ1n) is 12.2. The molecular formula is C22H38N4O9S. The van der Waals surface area contributed by atoms with Crippen LogP contribution in [0.2, 0.25) is 0 Å². The molecule has 2 aliphatic heterocycles. The van der Waals surface area contributed by atoms with Gasteiger partial charge in [-0.1, -0.05) is 6.42 Å². The highest BCUT2D eigenvalue weighted by atomic mass is 32.2. The predicted octanol–water partition coefficient (Wildman–Crippen LogP) is -0.904. The Hall–Kier alpha value is -2.13. The standard InChI is InChI=1S/C22H38N4O9S/c27-18(4-2-1-3-17-21-16(15-36-17)25-22(31)26-21)23-5-7-32-9-11-34-13-19(28)24-6-8-33-10-12-35-14-20(29)30/h16-17,21H,1-15H2,(H,23,27)(H,24,28)(H,29,30)(H2,25,26,31). The first-order valence-corrected chi connectivity index (χ1v) is 13.3. The van der Waals surface area contributed by atoms with E-state index < -0.39 is 5.97 Å². The number of hydrogen-bond donors (Lipinski definition) is 5. The third kappa shape index (κ3) is 13.3. The van der Waals surface area contributed by atoms with Crippen molar-refractivity contribution < 1.29 is 43.2 Å². The average Bonchev–Trinajstić information content (AvgIpc) is 3.39. The summed E-state index contributed by atoms with van der Waals surface area (Å²) in [6.07, 6.45) is 3.22. The fourth-order valence-corrected chi connectivity index (χ4v) is 5.25. The van der Waals surface area contributed by atoms with E-state index in [0.29, 0.717) is 38.0 Å². The quantitative estimate of drug-likeness (QED) is 0.0917. The number of carboxylic acids is 1. The van der Waals surface area contributed by atoms with Gasteiger partial charge in [-0.05, 0) is 12.8 Å². The van der Waals surface area contributed by atoms with Gasteiger partial charge in [0.2, 0.25) is 11.8 Å². The zero-order valence-electron chi connectivity index (χ0n) is 20.5. The number of urea groups is 1. The lowest BCUT2D eigenvalue weighted by Gasteiger charge is -2.16. The largest absolute Gasteiger partial charge is 0.480 e. The Kier molecular flexibility index (Phi) is 15.2. The molecule has 13 nitrogen and oxygen atoms in total. The van der Waals surface area contributed by atoms with Gasteiger partial charge in [0.1, 0.15) is 13.2 Å². The number of carbonyl (C=O) groups excluding carboxylic acids is 3. The molecular weight excluding hydrogens is 496 g/mol. The van der Waals surface area contributed by atoms with Crippen LogP contribution in [-0.4, -0.2) is 118 Å². The van der Waals surface area contributed by atoms with E-state index in [1.165, 1.54) is 0 Å². The number of unbranched alkanes of at least 4 members (excludes halogenated alkanes) is 1. The Bertz CT molecular complexity index is 700. The lowest BCUT2D eigenvalue weighted by atomic mass is 10.0. The van der Waals surface area contributed by atoms with E-state index in [2.05, 4.69) is 21.3 Å². The maximum atomic E-state index is 11.9. The summed E-state index contributed by atoms with van der Waals surface area (Å²) < 4.78 is 20.6. The number of nitrogens with one attached hydrogen (secondary N) is 4. The predicted molar refractivity (Wildman–Crippen MR) is 131 cm³/mol. The molecule has 0 spiro atoms. The van der Waals surface area contributed by atoms with Gasteiger partial charge in [-0.15, -0.1) is 0 Å². The number of carboxylic acid groups (broad SMARTS) is 1. The molecule has 2 fully saturated rings. The van der Waals surface area contributed by atoms with Gasteiger partial charge in [-0.2, -0.15) is 11.8 Å². The van der Waals surface area contributed by atoms with Crippen LogP contribution in [0.25, 0.3) is 0 Å². The van der Waals surface area contributed by atoms with Crippen molar-refractivity contribution >= 4 is 35.6 Å². The van der Waals surface area contributed by atoms with E-state index in [-0.39, 0.29) is 69.6 Å². The van der Waals surface area contributed by atoms with Gasteiger partial charge in [0.05, 0.1) is 51.7 Å². The van der Waals surface area contributed by atoms with Crippen LogP contribution in [0.5, 0.6) is 0 Å². The molecule has 14 heteroatoms. The van der Waals surface area contributed by atoms with Gasteiger partial charge in [0.25, 0.3) is 0 Å². The van der Waals surface area contributed by atoms with Crippen molar-refractivity contribution in [2.24, 2.45) is 0 Å². The minimum absolute atomic E-state index is 0.00363. The van der Waals surface area contributed by atoms with Crippen LogP contribution in [0, 0.1) is 0 Å². The van der Waals surface area contributed by atoms with E-state index >= 15 is 0 Å². The van der Waals surface area contributed by atoms with Crippen molar-refractivity contribution in [3.05, 3.63) is 0 Å². The molecule has 4 amide bonds. The molecule has 0 aromatic rings. The van der Waals surface area contributed by atoms with Crippen LogP contribution in [0.1, 0.15) is 25.7 Å². The molecule has 2 rings (SSSR count). The Morgan fingerprint density at radius 1 is 0.861 bits per heavy atom. The third-order valence-corrected chi connectivity index (χ3v) is 6.93. The smallest absolute Gasteiger partial charge is 0.329 e. The highest BCUT2D eigenvalue weighted by Gasteiger charge is 2.42. The lowest BCUT2D eigenvalue weighted by molar-refractivity contribution is -0.142. The molecule has 2 aliphatic rings. The van der Waals surface area contributed by atoms with E-state index in [1.807, 2.05) is 11.8 Å². The number of hydrogen-bond acceptors (Lipinski definition) is 9. The fraction of sp³-hybridized carbons (Fsp3) is 0.818. The highest BCUT2D eigenvalue weighted by Crippen LogP contribution is 2.33. The van der Waals surface area contributed by atoms with Gasteiger partial charge in [0, 0.05) is 30.5 Å². The maximum absolute atomic E-state index is 11.9. The number of fused-ring (bicyclic) bond motifs is 1. The van der Waals surface area contributed by atoms with Crippen LogP contribution in [0.3, 0.4) is 0 Å². The van der Waals surface area contributed by atoms with E-state index in [9.17, 15) is 19.2 Å². The monoisotopic (exact) mass is 534 g/mol. The second-order valence-electron chi connectivity index (χ2n) is 8.29. The Labute approximate surface area is 215 Å². The normalized spacial score (nSPS) is 20.4. The summed E-state index contributed by atoms with van der Waals surface area (Å²) in [4.78, 5) is 45.2. The molecule has 0 saturated carbocycles. The SMILES string of the molecule is O=C(O)COCCOCCNC(=O)COCCOCCNC(=O)CCCCC1SCC2NC(=O)NC21. The molecule has 36 heavy (non-hydrogen) atoms. The molecule has 3 unspecified atom stereocenters. The zero-order valence-corrected chi connectivity index (χ0v) is 21.3. The molecule has 2 heterocycles. The van der Waals surface area contributed by atoms with Gasteiger partial charge in [-0.3, -0.25) is 9.59 Å². The second-order valence-corrected chi connectivity index (χ2v) is 9.56. The Morgan fingerprint density at radius 3 is 2.19 bits per heavy atom. The number of aliphatic carboxylic acids is 1. The summed E-state index contributed by atoms with van der Waals surface area (Å²) >= 11 is 1.88. The van der Waals surface area contributed by atoms with Crippen molar-refractivity contribution in [3.8, 4) is 0 Å². The first kappa shape index (κ1) is 30.1. The summed E-state index contributed by atoms with van der Waals surface area (Å²) in [7, 11) is 0. The van der Waals surface area contributed by atoms with Gasteiger partial charge >= 0.3 is 12.0 Å². The lowest BCUT2D eigenvalue weighted by Crippen LogP contribution is -2.36. The van der Waals surface area contributed by atoms with Crippen LogP contribution in [0.15, 0.2) is 0 Å². The van der Waals surface area contributed by atoms with Crippen LogP contribution in [-0.2, 0) is 33.3 Å². The topological polar surface area (TPSA) is 174 Å². The highest BCUT2D eigenvalue weighted by molar-refractivity contribution is 8.00. The van der Waals surface area contributed by atoms with Gasteiger partial charge < -0.3 is 45.3 Å². The summed E-state index contributed by atoms with van der Waals surface area (Å²) in [5, 5.41) is 20.2. The molecule has 3 atom stereocenters. The molecule has 0 aromatic heterocycles. The minimum atomic E-state index is -1.03. The van der Waals surface area contributed by atoms with E-state index in [1.54, 1.807) is 0 Å². The number of amides is 4. The number of rotatable bonds is 21. The number of thioether (sulfide) groups is 1. The Morgan fingerprint density at radius 2 is 1.50 bits per heavy atom. The zero-order chi connectivity index (χ0) is 26.0. The molecule has 0 aromatic carbocycles. The minimum Gasteiger partial charge on any atom is -0.480 e. The van der Waals surface area contributed by atoms with E-state index in [4.69, 9.17) is 24.1 Å². The van der Waals surface area contributed by atoms with Crippen LogP contribution < -0.4 is 21.3 Å². The van der Waals surface area contributed by atoms with Crippen molar-refractivity contribution in [1.82, 2.24) is 21.3 Å². The van der Waals surface area contributed by atoms with Gasteiger partial charge in [-0.25, -0.2) is 9.59 Å².